The van der Waals surface area contributed by atoms with Crippen molar-refractivity contribution in [2.45, 2.75) is 64.3 Å². The molecule has 0 aliphatic carbocycles. The number of aliphatic hydroxyl groups is 1. The van der Waals surface area contributed by atoms with Crippen molar-refractivity contribution in [2.75, 3.05) is 52.1 Å². The van der Waals surface area contributed by atoms with Crippen molar-refractivity contribution in [1.29, 1.82) is 0 Å². The molecule has 9 rings (SSSR count). The van der Waals surface area contributed by atoms with E-state index in [0.29, 0.717) is 32.1 Å². The lowest BCUT2D eigenvalue weighted by molar-refractivity contribution is -0.591. The molecule has 6 aromatic rings. The molecule has 3 aliphatic heterocycles. The molecule has 0 bridgehead atoms. The Morgan fingerprint density at radius 1 is 0.652 bits per heavy atom. The number of carbonyl (C=O) groups excluding carboxylic acids is 2. The number of para-hydroxylation sites is 4. The zero-order valence-electron chi connectivity index (χ0n) is 36.4. The number of nitrogens with zero attached hydrogens (tertiary/aromatic N) is 4. The SMILES string of the molecule is C1CCOC1.CC1(C)OCC(CO)O1.CC1(C)OCC(COCC(=O)Oc2cccc3c2[n+]([O-])c2cccc(O)c2[n+]3[O-])O1.O=C(CCl)Oc1cccc2c1[n+]([O-])c1cccc(O)c1[n+]2[O-]. The summed E-state index contributed by atoms with van der Waals surface area (Å²) in [6.07, 6.45) is 2.13. The van der Waals surface area contributed by atoms with Crippen molar-refractivity contribution in [1.82, 2.24) is 0 Å². The first-order valence-corrected chi connectivity index (χ1v) is 21.1. The van der Waals surface area contributed by atoms with Gasteiger partial charge in [0.05, 0.1) is 26.4 Å². The number of hydrogen-bond donors (Lipinski definition) is 3. The van der Waals surface area contributed by atoms with E-state index >= 15 is 0 Å². The largest absolute Gasteiger partial charge is 0.617 e. The number of phenols is 2. The van der Waals surface area contributed by atoms with E-state index in [1.807, 2.05) is 13.8 Å². The molecule has 66 heavy (non-hydrogen) atoms. The summed E-state index contributed by atoms with van der Waals surface area (Å²) in [4.78, 5) is 23.6. The van der Waals surface area contributed by atoms with E-state index < -0.39 is 23.5 Å². The van der Waals surface area contributed by atoms with Crippen LogP contribution in [0.2, 0.25) is 0 Å². The van der Waals surface area contributed by atoms with E-state index in [1.165, 1.54) is 85.6 Å². The molecule has 354 valence electrons. The third kappa shape index (κ3) is 11.6. The van der Waals surface area contributed by atoms with Crippen molar-refractivity contribution < 1.29 is 81.7 Å². The van der Waals surface area contributed by atoms with Gasteiger partial charge < -0.3 is 74.0 Å². The number of aliphatic hydroxyl groups excluding tert-OH is 1. The number of halogens is 1. The molecule has 3 aliphatic rings. The Labute approximate surface area is 381 Å². The third-order valence-corrected chi connectivity index (χ3v) is 10.1. The summed E-state index contributed by atoms with van der Waals surface area (Å²) in [5.74, 6) is -3.87. The molecule has 3 saturated heterocycles. The fourth-order valence-corrected chi connectivity index (χ4v) is 7.03. The third-order valence-electron chi connectivity index (χ3n) is 9.88. The number of aromatic hydroxyl groups is 2. The average molecular weight is 941 g/mol. The Balaban J connectivity index is 0.000000173. The van der Waals surface area contributed by atoms with Crippen LogP contribution < -0.4 is 28.4 Å². The second-order valence-electron chi connectivity index (χ2n) is 15.7. The van der Waals surface area contributed by atoms with Crippen LogP contribution in [0, 0.1) is 20.8 Å². The van der Waals surface area contributed by atoms with Crippen LogP contribution in [0.3, 0.4) is 0 Å². The molecule has 22 heteroatoms. The van der Waals surface area contributed by atoms with Gasteiger partial charge in [0.2, 0.25) is 11.5 Å². The van der Waals surface area contributed by atoms with Crippen LogP contribution in [0.5, 0.6) is 23.0 Å². The van der Waals surface area contributed by atoms with Crippen LogP contribution in [-0.4, -0.2) is 103 Å². The molecule has 0 amide bonds. The standard InChI is InChI=1S/C20H20N2O8.C14H9ClN2O5.C6H12O3.C4H8O/c1-20(2)28-10-12(30-20)9-27-11-17(24)29-16-8-4-6-14-19(16)22(26)13-5-3-7-15(23)18(13)21(14)25;15-7-12(19)22-11-6-2-4-9-14(11)17(21)8-3-1-5-10(18)13(8)16(9)20;1-6(2)8-4-5(3-7)9-6;1-2-4-5-3-1/h3-8,12,23H,9-11H2,1-2H3;1-6,18H,7H2;5,7H,3-4H2,1-2H3;1-4H2. The second kappa shape index (κ2) is 21.4. The molecule has 5 heterocycles. The summed E-state index contributed by atoms with van der Waals surface area (Å²) in [6, 6.07) is 16.8. The normalized spacial score (nSPS) is 18.2. The maximum absolute atomic E-state index is 12.8. The number of esters is 2. The van der Waals surface area contributed by atoms with Gasteiger partial charge in [-0.05, 0) is 64.8 Å². The average Bonchev–Trinajstić information content (AvgIpc) is 4.07. The number of aromatic nitrogens is 4. The summed E-state index contributed by atoms with van der Waals surface area (Å²) >= 11 is 5.38. The molecular weight excluding hydrogens is 892 g/mol. The van der Waals surface area contributed by atoms with E-state index in [1.54, 1.807) is 13.8 Å². The smallest absolute Gasteiger partial charge is 0.337 e. The number of ether oxygens (including phenoxy) is 8. The molecule has 0 saturated carbocycles. The van der Waals surface area contributed by atoms with Crippen LogP contribution in [0.1, 0.15) is 40.5 Å². The number of hydrogen-bond acceptors (Lipinski definition) is 17. The van der Waals surface area contributed by atoms with Gasteiger partial charge >= 0.3 is 34.0 Å². The predicted octanol–water partition coefficient (Wildman–Crippen LogP) is 3.08. The summed E-state index contributed by atoms with van der Waals surface area (Å²) in [5.41, 5.74) is -0.774. The molecule has 2 atom stereocenters. The van der Waals surface area contributed by atoms with Gasteiger partial charge in [0.15, 0.2) is 23.1 Å². The molecule has 3 fully saturated rings. The zero-order valence-corrected chi connectivity index (χ0v) is 37.1. The van der Waals surface area contributed by atoms with Gasteiger partial charge in [-0.25, -0.2) is 4.79 Å². The maximum Gasteiger partial charge on any atom is 0.337 e. The minimum atomic E-state index is -0.748. The van der Waals surface area contributed by atoms with Gasteiger partial charge in [0.25, 0.3) is 22.1 Å². The summed E-state index contributed by atoms with van der Waals surface area (Å²) in [7, 11) is 0. The highest BCUT2D eigenvalue weighted by atomic mass is 35.5. The van der Waals surface area contributed by atoms with Gasteiger partial charge in [-0.15, -0.1) is 11.6 Å². The van der Waals surface area contributed by atoms with Crippen molar-refractivity contribution in [3.05, 3.63) is 93.6 Å². The number of rotatable bonds is 8. The minimum absolute atomic E-state index is 0.0381. The van der Waals surface area contributed by atoms with Crippen molar-refractivity contribution in [2.24, 2.45) is 0 Å². The molecule has 2 unspecified atom stereocenters. The quantitative estimate of drug-likeness (QED) is 0.0494. The van der Waals surface area contributed by atoms with Crippen LogP contribution >= 0.6 is 11.6 Å². The van der Waals surface area contributed by atoms with E-state index in [2.05, 4.69) is 0 Å². The molecule has 4 aromatic carbocycles. The molecule has 3 N–H and O–H groups in total. The van der Waals surface area contributed by atoms with Gasteiger partial charge in [-0.3, -0.25) is 4.79 Å². The Hall–Kier alpha value is -6.17. The number of benzene rings is 4. The van der Waals surface area contributed by atoms with E-state index in [9.17, 15) is 40.6 Å². The lowest BCUT2D eigenvalue weighted by atomic mass is 10.2. The van der Waals surface area contributed by atoms with Crippen LogP contribution in [0.15, 0.2) is 72.8 Å². The predicted molar refractivity (Wildman–Crippen MR) is 232 cm³/mol. The Bertz CT molecular complexity index is 2690. The van der Waals surface area contributed by atoms with E-state index in [4.69, 9.17) is 54.6 Å². The highest BCUT2D eigenvalue weighted by Crippen LogP contribution is 2.28. The Kier molecular flexibility index (Phi) is 16.0. The summed E-state index contributed by atoms with van der Waals surface area (Å²) in [6.45, 7) is 9.90. The molecule has 2 aromatic heterocycles. The lowest BCUT2D eigenvalue weighted by Gasteiger charge is -2.16. The number of fused-ring (bicyclic) bond motifs is 4. The van der Waals surface area contributed by atoms with Crippen LogP contribution in [0.25, 0.3) is 44.1 Å². The number of phenolic OH excluding ortho intramolecular Hbond substituents is 2. The van der Waals surface area contributed by atoms with E-state index in [-0.39, 0.29) is 105 Å². The highest BCUT2D eigenvalue weighted by molar-refractivity contribution is 6.26. The maximum atomic E-state index is 12.8. The van der Waals surface area contributed by atoms with Crippen LogP contribution in [0.4, 0.5) is 0 Å². The molecule has 21 nitrogen and oxygen atoms in total. The topological polar surface area (TPSA) is 276 Å². The zero-order chi connectivity index (χ0) is 47.8. The summed E-state index contributed by atoms with van der Waals surface area (Å²) < 4.78 is 43.7. The van der Waals surface area contributed by atoms with E-state index in [0.717, 1.165) is 13.2 Å². The molecular formula is C44H49ClN4O17. The fourth-order valence-electron chi connectivity index (χ4n) is 6.97. The minimum Gasteiger partial charge on any atom is -0.617 e. The molecule has 0 radical (unpaired) electrons. The van der Waals surface area contributed by atoms with Gasteiger partial charge in [-0.1, -0.05) is 24.3 Å². The summed E-state index contributed by atoms with van der Waals surface area (Å²) in [5, 5.41) is 78.8. The number of alkyl halides is 1. The Morgan fingerprint density at radius 2 is 1.06 bits per heavy atom. The first-order valence-electron chi connectivity index (χ1n) is 20.6. The van der Waals surface area contributed by atoms with Gasteiger partial charge in [0, 0.05) is 37.5 Å². The monoisotopic (exact) mass is 940 g/mol. The van der Waals surface area contributed by atoms with Crippen molar-refractivity contribution in [3.8, 4) is 23.0 Å². The number of carbonyl (C=O) groups is 2. The van der Waals surface area contributed by atoms with Gasteiger partial charge in [0.1, 0.15) is 24.7 Å². The fraction of sp³-hybridized carbons (Fsp3) is 0.409. The van der Waals surface area contributed by atoms with Crippen LogP contribution in [-0.2, 0) is 38.0 Å². The molecule has 0 spiro atoms. The van der Waals surface area contributed by atoms with Crippen molar-refractivity contribution >= 4 is 67.7 Å². The van der Waals surface area contributed by atoms with Crippen molar-refractivity contribution in [3.63, 3.8) is 0 Å². The Morgan fingerprint density at radius 3 is 1.44 bits per heavy atom. The second-order valence-corrected chi connectivity index (χ2v) is 16.0. The first-order chi connectivity index (χ1) is 31.4. The lowest BCUT2D eigenvalue weighted by Crippen LogP contribution is -2.39. The first kappa shape index (κ1) is 49.3. The highest BCUT2D eigenvalue weighted by Gasteiger charge is 2.34. The van der Waals surface area contributed by atoms with Gasteiger partial charge in [-0.2, -0.15) is 18.9 Å².